The van der Waals surface area contributed by atoms with Crippen molar-refractivity contribution in [3.05, 3.63) is 46.6 Å². The number of ketones is 1. The van der Waals surface area contributed by atoms with Crippen LogP contribution in [-0.4, -0.2) is 29.2 Å². The van der Waals surface area contributed by atoms with Crippen LogP contribution in [0.15, 0.2) is 29.3 Å². The molecule has 0 spiro atoms. The van der Waals surface area contributed by atoms with Crippen LogP contribution >= 0.6 is 11.8 Å². The quantitative estimate of drug-likeness (QED) is 0.590. The third kappa shape index (κ3) is 4.26. The smallest absolute Gasteiger partial charge is 0.231 e. The number of nitrogens with one attached hydrogen (secondary N) is 1. The highest BCUT2D eigenvalue weighted by Gasteiger charge is 2.18. The fraction of sp³-hybridized carbons (Fsp3) is 0.300. The van der Waals surface area contributed by atoms with Crippen LogP contribution < -0.4 is 14.8 Å². The van der Waals surface area contributed by atoms with E-state index >= 15 is 0 Å². The lowest BCUT2D eigenvalue weighted by Crippen LogP contribution is -2.28. The van der Waals surface area contributed by atoms with Crippen LogP contribution in [0.2, 0.25) is 0 Å². The summed E-state index contributed by atoms with van der Waals surface area (Å²) in [5.74, 6) is 1.13. The third-order valence-electron chi connectivity index (χ3n) is 4.29. The summed E-state index contributed by atoms with van der Waals surface area (Å²) in [6.07, 6.45) is 0. The molecule has 1 amide bonds. The first kappa shape index (κ1) is 19.7. The van der Waals surface area contributed by atoms with Gasteiger partial charge in [-0.25, -0.2) is 4.98 Å². The largest absolute Gasteiger partial charge is 0.454 e. The van der Waals surface area contributed by atoms with Gasteiger partial charge in [0.2, 0.25) is 12.7 Å². The summed E-state index contributed by atoms with van der Waals surface area (Å²) in [5.41, 5.74) is 2.16. The molecule has 0 bridgehead atoms. The highest BCUT2D eigenvalue weighted by molar-refractivity contribution is 8.00. The molecule has 0 fully saturated rings. The van der Waals surface area contributed by atoms with Crippen molar-refractivity contribution < 1.29 is 19.1 Å². The molecule has 1 aliphatic heterocycles. The minimum atomic E-state index is -0.215. The van der Waals surface area contributed by atoms with Crippen LogP contribution in [0, 0.1) is 18.3 Å². The van der Waals surface area contributed by atoms with Crippen LogP contribution in [0.1, 0.15) is 47.1 Å². The molecule has 144 valence electrons. The van der Waals surface area contributed by atoms with Gasteiger partial charge in [-0.3, -0.25) is 9.59 Å². The lowest BCUT2D eigenvalue weighted by molar-refractivity contribution is -0.119. The van der Waals surface area contributed by atoms with Gasteiger partial charge in [0, 0.05) is 11.3 Å². The zero-order valence-electron chi connectivity index (χ0n) is 15.7. The maximum Gasteiger partial charge on any atom is 0.231 e. The van der Waals surface area contributed by atoms with E-state index in [2.05, 4.69) is 10.3 Å². The summed E-state index contributed by atoms with van der Waals surface area (Å²) >= 11 is 1.17. The topological polar surface area (TPSA) is 101 Å². The zero-order chi connectivity index (χ0) is 20.3. The minimum absolute atomic E-state index is 0.107. The Bertz CT molecular complexity index is 984. The number of carbonyl (C=O) groups is 2. The average Bonchev–Trinajstić information content (AvgIpc) is 3.13. The molecule has 28 heavy (non-hydrogen) atoms. The predicted molar refractivity (Wildman–Crippen MR) is 104 cm³/mol. The second-order valence-corrected chi connectivity index (χ2v) is 7.30. The number of ether oxygens (including phenoxy) is 2. The Kier molecular flexibility index (Phi) is 5.85. The van der Waals surface area contributed by atoms with Crippen LogP contribution in [0.4, 0.5) is 0 Å². The molecule has 1 aromatic carbocycles. The fourth-order valence-corrected chi connectivity index (χ4v) is 3.63. The first-order valence-electron chi connectivity index (χ1n) is 8.63. The lowest BCUT2D eigenvalue weighted by Gasteiger charge is -2.15. The normalized spacial score (nSPS) is 12.9. The fourth-order valence-electron chi connectivity index (χ4n) is 2.81. The number of aromatic nitrogens is 1. The molecular weight excluding hydrogens is 378 g/mol. The monoisotopic (exact) mass is 397 g/mol. The molecule has 1 aliphatic rings. The number of pyridine rings is 1. The predicted octanol–water partition coefficient (Wildman–Crippen LogP) is 3.16. The van der Waals surface area contributed by atoms with E-state index in [1.165, 1.54) is 24.8 Å². The van der Waals surface area contributed by atoms with Gasteiger partial charge in [-0.1, -0.05) is 17.8 Å². The van der Waals surface area contributed by atoms with Crippen LogP contribution in [-0.2, 0) is 4.79 Å². The Hall–Kier alpha value is -3.05. The van der Waals surface area contributed by atoms with Crippen molar-refractivity contribution in [2.75, 3.05) is 12.5 Å². The van der Waals surface area contributed by atoms with E-state index in [0.717, 1.165) is 5.56 Å². The number of nitriles is 1. The minimum Gasteiger partial charge on any atom is -0.454 e. The molecule has 7 nitrogen and oxygen atoms in total. The van der Waals surface area contributed by atoms with Gasteiger partial charge in [0.25, 0.3) is 0 Å². The number of carbonyl (C=O) groups excluding carboxylic acids is 2. The SMILES string of the molecule is CC(=O)c1cc(C#N)c(SCC(=O)NC(C)c2ccc3c(c2)OCO3)nc1C. The van der Waals surface area contributed by atoms with E-state index in [9.17, 15) is 14.9 Å². The number of benzene rings is 1. The standard InChI is InChI=1S/C20H19N3O4S/c1-11(14-4-5-17-18(7-14)27-10-26-17)22-19(25)9-28-20-15(8-21)6-16(13(3)24)12(2)23-20/h4-7,11H,9-10H2,1-3H3,(H,22,25). The van der Waals surface area contributed by atoms with Crippen LogP contribution in [0.3, 0.4) is 0 Å². The van der Waals surface area contributed by atoms with Crippen LogP contribution in [0.5, 0.6) is 11.5 Å². The van der Waals surface area contributed by atoms with Crippen molar-refractivity contribution in [1.82, 2.24) is 10.3 Å². The molecule has 1 N–H and O–H groups in total. The number of nitrogens with zero attached hydrogens (tertiary/aromatic N) is 2. The Balaban J connectivity index is 1.63. The molecular formula is C20H19N3O4S. The first-order chi connectivity index (χ1) is 13.4. The molecule has 0 saturated carbocycles. The summed E-state index contributed by atoms with van der Waals surface area (Å²) in [7, 11) is 0. The number of hydrogen-bond donors (Lipinski definition) is 1. The summed E-state index contributed by atoms with van der Waals surface area (Å²) in [4.78, 5) is 28.3. The van der Waals surface area contributed by atoms with Gasteiger partial charge in [-0.05, 0) is 44.5 Å². The number of hydrogen-bond acceptors (Lipinski definition) is 7. The van der Waals surface area contributed by atoms with Crippen molar-refractivity contribution in [3.8, 4) is 17.6 Å². The molecule has 0 radical (unpaired) electrons. The number of aryl methyl sites for hydroxylation is 1. The molecule has 2 aromatic rings. The Morgan fingerprint density at radius 3 is 2.79 bits per heavy atom. The van der Waals surface area contributed by atoms with Crippen LogP contribution in [0.25, 0.3) is 0 Å². The van der Waals surface area contributed by atoms with E-state index in [4.69, 9.17) is 9.47 Å². The second-order valence-electron chi connectivity index (χ2n) is 6.33. The van der Waals surface area contributed by atoms with E-state index in [1.807, 2.05) is 31.2 Å². The number of fused-ring (bicyclic) bond motifs is 1. The Labute approximate surface area is 167 Å². The van der Waals surface area contributed by atoms with Gasteiger partial charge in [0.15, 0.2) is 17.3 Å². The van der Waals surface area contributed by atoms with E-state index in [1.54, 1.807) is 6.92 Å². The molecule has 3 rings (SSSR count). The van der Waals surface area contributed by atoms with Gasteiger partial charge < -0.3 is 14.8 Å². The number of amides is 1. The molecule has 8 heteroatoms. The van der Waals surface area contributed by atoms with E-state index in [-0.39, 0.29) is 35.8 Å². The van der Waals surface area contributed by atoms with Gasteiger partial charge in [0.05, 0.1) is 17.4 Å². The number of Topliss-reactive ketones (excluding diaryl/α,β-unsaturated/α-hetero) is 1. The lowest BCUT2D eigenvalue weighted by atomic mass is 10.1. The molecule has 0 saturated heterocycles. The average molecular weight is 397 g/mol. The van der Waals surface area contributed by atoms with E-state index in [0.29, 0.717) is 27.8 Å². The van der Waals surface area contributed by atoms with Crippen molar-refractivity contribution >= 4 is 23.5 Å². The van der Waals surface area contributed by atoms with Gasteiger partial charge in [-0.2, -0.15) is 5.26 Å². The molecule has 1 atom stereocenters. The summed E-state index contributed by atoms with van der Waals surface area (Å²) < 4.78 is 10.6. The summed E-state index contributed by atoms with van der Waals surface area (Å²) in [6, 6.07) is 8.90. The molecule has 1 aromatic heterocycles. The Morgan fingerprint density at radius 2 is 2.07 bits per heavy atom. The number of thioether (sulfide) groups is 1. The third-order valence-corrected chi connectivity index (χ3v) is 5.28. The first-order valence-corrected chi connectivity index (χ1v) is 9.62. The maximum absolute atomic E-state index is 12.3. The Morgan fingerprint density at radius 1 is 1.32 bits per heavy atom. The van der Waals surface area contributed by atoms with Crippen molar-refractivity contribution in [1.29, 1.82) is 5.26 Å². The molecule has 2 heterocycles. The maximum atomic E-state index is 12.3. The van der Waals surface area contributed by atoms with Crippen molar-refractivity contribution in [2.24, 2.45) is 0 Å². The van der Waals surface area contributed by atoms with Gasteiger partial charge >= 0.3 is 0 Å². The van der Waals surface area contributed by atoms with E-state index < -0.39 is 0 Å². The van der Waals surface area contributed by atoms with Gasteiger partial charge in [0.1, 0.15) is 11.1 Å². The number of rotatable bonds is 6. The van der Waals surface area contributed by atoms with Crippen molar-refractivity contribution in [2.45, 2.75) is 31.8 Å². The summed E-state index contributed by atoms with van der Waals surface area (Å²) in [5, 5.41) is 12.7. The highest BCUT2D eigenvalue weighted by Crippen LogP contribution is 2.34. The summed E-state index contributed by atoms with van der Waals surface area (Å²) in [6.45, 7) is 5.23. The van der Waals surface area contributed by atoms with Gasteiger partial charge in [-0.15, -0.1) is 0 Å². The van der Waals surface area contributed by atoms with Crippen molar-refractivity contribution in [3.63, 3.8) is 0 Å². The molecule has 1 unspecified atom stereocenters. The second kappa shape index (κ2) is 8.31. The zero-order valence-corrected chi connectivity index (χ0v) is 16.6. The highest BCUT2D eigenvalue weighted by atomic mass is 32.2. The molecule has 0 aliphatic carbocycles.